The summed E-state index contributed by atoms with van der Waals surface area (Å²) in [5.41, 5.74) is 8.39. The number of hydrogen-bond acceptors (Lipinski definition) is 3. The zero-order chi connectivity index (χ0) is 15.0. The first kappa shape index (κ1) is 13.8. The van der Waals surface area contributed by atoms with E-state index in [1.165, 1.54) is 0 Å². The number of hydrogen-bond donors (Lipinski definition) is 1. The molecule has 2 aromatic heterocycles. The largest absolute Gasteiger partial charge is 0.383 e. The molecule has 106 valence electrons. The Kier molecular flexibility index (Phi) is 3.51. The van der Waals surface area contributed by atoms with Crippen LogP contribution >= 0.6 is 15.9 Å². The number of nitrogen functional groups attached to an aromatic ring is 1. The summed E-state index contributed by atoms with van der Waals surface area (Å²) in [5, 5.41) is 1.02. The van der Waals surface area contributed by atoms with E-state index in [2.05, 4.69) is 20.9 Å². The van der Waals surface area contributed by atoms with E-state index < -0.39 is 0 Å². The van der Waals surface area contributed by atoms with Crippen LogP contribution < -0.4 is 11.3 Å². The van der Waals surface area contributed by atoms with E-state index in [9.17, 15) is 4.79 Å². The van der Waals surface area contributed by atoms with Gasteiger partial charge in [-0.25, -0.2) is 4.98 Å². The van der Waals surface area contributed by atoms with Crippen molar-refractivity contribution in [2.24, 2.45) is 0 Å². The maximum atomic E-state index is 12.2. The number of benzene rings is 1. The molecule has 0 spiro atoms. The van der Waals surface area contributed by atoms with Crippen molar-refractivity contribution in [3.8, 4) is 0 Å². The molecule has 0 unspecified atom stereocenters. The third-order valence-corrected chi connectivity index (χ3v) is 3.84. The summed E-state index contributed by atoms with van der Waals surface area (Å²) in [5.74, 6) is 0.457. The Morgan fingerprint density at radius 3 is 2.86 bits per heavy atom. The van der Waals surface area contributed by atoms with E-state index in [4.69, 9.17) is 5.73 Å². The second kappa shape index (κ2) is 5.33. The molecule has 2 N–H and O–H groups in total. The number of aryl methyl sites for hydroxylation is 1. The van der Waals surface area contributed by atoms with Gasteiger partial charge in [0.15, 0.2) is 0 Å². The Hall–Kier alpha value is -2.14. The SMILES string of the molecule is Cc1cc(Br)cn(Cc2cc3ccccc3nc2N)c1=O. The van der Waals surface area contributed by atoms with Crippen molar-refractivity contribution in [2.45, 2.75) is 13.5 Å². The van der Waals surface area contributed by atoms with Gasteiger partial charge < -0.3 is 10.3 Å². The molecule has 4 nitrogen and oxygen atoms in total. The summed E-state index contributed by atoms with van der Waals surface area (Å²) in [7, 11) is 0. The van der Waals surface area contributed by atoms with Gasteiger partial charge in [-0.05, 0) is 41.1 Å². The van der Waals surface area contributed by atoms with Gasteiger partial charge in [0.25, 0.3) is 5.56 Å². The Bertz CT molecular complexity index is 886. The molecular weight excluding hydrogens is 330 g/mol. The van der Waals surface area contributed by atoms with Crippen molar-refractivity contribution in [2.75, 3.05) is 5.73 Å². The number of nitrogens with zero attached hydrogens (tertiary/aromatic N) is 2. The summed E-state index contributed by atoms with van der Waals surface area (Å²) in [6.07, 6.45) is 1.77. The maximum absolute atomic E-state index is 12.2. The second-order valence-corrected chi connectivity index (χ2v) is 5.92. The van der Waals surface area contributed by atoms with Crippen molar-refractivity contribution < 1.29 is 0 Å². The van der Waals surface area contributed by atoms with Crippen molar-refractivity contribution in [3.63, 3.8) is 0 Å². The minimum Gasteiger partial charge on any atom is -0.383 e. The summed E-state index contributed by atoms with van der Waals surface area (Å²) in [6.45, 7) is 2.20. The van der Waals surface area contributed by atoms with Crippen LogP contribution in [0.3, 0.4) is 0 Å². The quantitative estimate of drug-likeness (QED) is 0.777. The molecule has 0 saturated heterocycles. The number of rotatable bonds is 2. The molecule has 0 aliphatic rings. The predicted molar refractivity (Wildman–Crippen MR) is 88.4 cm³/mol. The normalized spacial score (nSPS) is 11.0. The summed E-state index contributed by atoms with van der Waals surface area (Å²) in [6, 6.07) is 11.6. The fraction of sp³-hybridized carbons (Fsp3) is 0.125. The van der Waals surface area contributed by atoms with Gasteiger partial charge in [0.1, 0.15) is 5.82 Å². The van der Waals surface area contributed by atoms with E-state index in [1.807, 2.05) is 30.3 Å². The number of aromatic nitrogens is 2. The van der Waals surface area contributed by atoms with Gasteiger partial charge in [-0.3, -0.25) is 4.79 Å². The van der Waals surface area contributed by atoms with Gasteiger partial charge in [0.05, 0.1) is 12.1 Å². The van der Waals surface area contributed by atoms with Crippen LogP contribution in [0.15, 0.2) is 51.9 Å². The number of pyridine rings is 2. The van der Waals surface area contributed by atoms with E-state index in [0.717, 1.165) is 20.9 Å². The van der Waals surface area contributed by atoms with Gasteiger partial charge in [-0.1, -0.05) is 18.2 Å². The Morgan fingerprint density at radius 2 is 2.05 bits per heavy atom. The highest BCUT2D eigenvalue weighted by atomic mass is 79.9. The molecule has 0 aliphatic heterocycles. The molecule has 5 heteroatoms. The van der Waals surface area contributed by atoms with Crippen molar-refractivity contribution >= 4 is 32.7 Å². The van der Waals surface area contributed by atoms with E-state index in [-0.39, 0.29) is 5.56 Å². The van der Waals surface area contributed by atoms with E-state index in [1.54, 1.807) is 23.8 Å². The maximum Gasteiger partial charge on any atom is 0.253 e. The fourth-order valence-corrected chi connectivity index (χ4v) is 2.93. The van der Waals surface area contributed by atoms with Crippen LogP contribution in [0.5, 0.6) is 0 Å². The summed E-state index contributed by atoms with van der Waals surface area (Å²) in [4.78, 5) is 16.6. The smallest absolute Gasteiger partial charge is 0.253 e. The standard InChI is InChI=1S/C16H14BrN3O/c1-10-6-13(17)9-20(16(10)21)8-12-7-11-4-2-3-5-14(11)19-15(12)18/h2-7,9H,8H2,1H3,(H2,18,19). The zero-order valence-electron chi connectivity index (χ0n) is 11.5. The van der Waals surface area contributed by atoms with Crippen LogP contribution in [0.2, 0.25) is 0 Å². The number of fused-ring (bicyclic) bond motifs is 1. The first-order chi connectivity index (χ1) is 10.0. The Labute approximate surface area is 130 Å². The van der Waals surface area contributed by atoms with Crippen LogP contribution in [-0.2, 0) is 6.54 Å². The van der Waals surface area contributed by atoms with E-state index in [0.29, 0.717) is 17.9 Å². The topological polar surface area (TPSA) is 60.9 Å². The Balaban J connectivity index is 2.10. The minimum absolute atomic E-state index is 0.0224. The van der Waals surface area contributed by atoms with E-state index >= 15 is 0 Å². The summed E-state index contributed by atoms with van der Waals surface area (Å²) >= 11 is 3.41. The molecule has 2 heterocycles. The monoisotopic (exact) mass is 343 g/mol. The van der Waals surface area contributed by atoms with Crippen molar-refractivity contribution in [3.05, 3.63) is 68.5 Å². The fourth-order valence-electron chi connectivity index (χ4n) is 2.34. The van der Waals surface area contributed by atoms with Gasteiger partial charge >= 0.3 is 0 Å². The number of anilines is 1. The molecule has 3 aromatic rings. The van der Waals surface area contributed by atoms with Gasteiger partial charge in [0, 0.05) is 27.2 Å². The summed E-state index contributed by atoms with van der Waals surface area (Å²) < 4.78 is 2.51. The lowest BCUT2D eigenvalue weighted by molar-refractivity contribution is 0.749. The molecule has 0 aliphatic carbocycles. The number of nitrogens with two attached hydrogens (primary N) is 1. The molecule has 0 amide bonds. The van der Waals surface area contributed by atoms with Crippen LogP contribution in [0.1, 0.15) is 11.1 Å². The third kappa shape index (κ3) is 2.69. The molecule has 21 heavy (non-hydrogen) atoms. The molecule has 0 saturated carbocycles. The molecule has 0 radical (unpaired) electrons. The molecule has 3 rings (SSSR count). The Morgan fingerprint density at radius 1 is 1.29 bits per heavy atom. The average molecular weight is 344 g/mol. The van der Waals surface area contributed by atoms with Gasteiger partial charge in [-0.2, -0.15) is 0 Å². The van der Waals surface area contributed by atoms with Gasteiger partial charge in [-0.15, -0.1) is 0 Å². The van der Waals surface area contributed by atoms with Crippen LogP contribution in [0, 0.1) is 6.92 Å². The van der Waals surface area contributed by atoms with Crippen LogP contribution in [0.4, 0.5) is 5.82 Å². The number of para-hydroxylation sites is 1. The lowest BCUT2D eigenvalue weighted by Gasteiger charge is -2.11. The second-order valence-electron chi connectivity index (χ2n) is 5.00. The first-order valence-electron chi connectivity index (χ1n) is 6.55. The molecular formula is C16H14BrN3O. The average Bonchev–Trinajstić information content (AvgIpc) is 2.45. The molecule has 0 fully saturated rings. The lowest BCUT2D eigenvalue weighted by Crippen LogP contribution is -2.22. The van der Waals surface area contributed by atoms with Crippen molar-refractivity contribution in [1.29, 1.82) is 0 Å². The lowest BCUT2D eigenvalue weighted by atomic mass is 10.1. The van der Waals surface area contributed by atoms with Crippen molar-refractivity contribution in [1.82, 2.24) is 9.55 Å². The highest BCUT2D eigenvalue weighted by Gasteiger charge is 2.07. The first-order valence-corrected chi connectivity index (χ1v) is 7.34. The predicted octanol–water partition coefficient (Wildman–Crippen LogP) is 3.10. The van der Waals surface area contributed by atoms with Gasteiger partial charge in [0.2, 0.25) is 0 Å². The number of halogens is 1. The molecule has 1 aromatic carbocycles. The zero-order valence-corrected chi connectivity index (χ0v) is 13.1. The van der Waals surface area contributed by atoms with Crippen LogP contribution in [-0.4, -0.2) is 9.55 Å². The molecule has 0 bridgehead atoms. The highest BCUT2D eigenvalue weighted by molar-refractivity contribution is 9.10. The molecule has 0 atom stereocenters. The van der Waals surface area contributed by atoms with Crippen LogP contribution in [0.25, 0.3) is 10.9 Å². The highest BCUT2D eigenvalue weighted by Crippen LogP contribution is 2.19. The third-order valence-electron chi connectivity index (χ3n) is 3.41. The minimum atomic E-state index is -0.0224.